The Labute approximate surface area is 244 Å². The molecule has 0 bridgehead atoms. The number of hydrogen-bond acceptors (Lipinski definition) is 1. The summed E-state index contributed by atoms with van der Waals surface area (Å²) in [6, 6.07) is 55.8. The van der Waals surface area contributed by atoms with Crippen LogP contribution >= 0.6 is 7.14 Å². The van der Waals surface area contributed by atoms with Crippen LogP contribution in [0.15, 0.2) is 164 Å². The van der Waals surface area contributed by atoms with Gasteiger partial charge in [-0.3, -0.25) is 8.97 Å². The first-order chi connectivity index (χ1) is 20.7. The third-order valence-electron chi connectivity index (χ3n) is 8.20. The predicted octanol–water partition coefficient (Wildman–Crippen LogP) is 8.34. The highest BCUT2D eigenvalue weighted by atomic mass is 31.2. The predicted molar refractivity (Wildman–Crippen MR) is 177 cm³/mol. The first kappa shape index (κ1) is 24.7. The van der Waals surface area contributed by atoms with Gasteiger partial charge in [0, 0.05) is 32.6 Å². The van der Waals surface area contributed by atoms with E-state index in [0.29, 0.717) is 0 Å². The van der Waals surface area contributed by atoms with Crippen LogP contribution in [0.4, 0.5) is 0 Å². The van der Waals surface area contributed by atoms with Gasteiger partial charge in [-0.2, -0.15) is 0 Å². The van der Waals surface area contributed by atoms with E-state index in [1.807, 2.05) is 60.7 Å². The standard InChI is InChI=1S/C38H27N2OP/c41-42(30-16-6-2-7-17-30,31-18-8-3-9-19-31)32-26-24-28(25-27-32)37-33-20-10-11-21-34(33)40-36-23-13-12-22-35(36)39(38(37)40)29-14-4-1-5-15-29/h1-27H. The number of hydrogen-bond donors (Lipinski definition) is 0. The molecule has 2 heterocycles. The molecule has 8 aromatic rings. The molecular weight excluding hydrogens is 531 g/mol. The Bertz CT molecular complexity index is 2200. The fraction of sp³-hybridized carbons (Fsp3) is 0. The number of nitrogens with zero attached hydrogens (tertiary/aromatic N) is 2. The maximum absolute atomic E-state index is 15.0. The summed E-state index contributed by atoms with van der Waals surface area (Å²) < 4.78 is 19.7. The second kappa shape index (κ2) is 9.76. The van der Waals surface area contributed by atoms with E-state index in [-0.39, 0.29) is 0 Å². The Kier molecular flexibility index (Phi) is 5.73. The van der Waals surface area contributed by atoms with Gasteiger partial charge in [-0.05, 0) is 35.9 Å². The Balaban J connectivity index is 1.41. The van der Waals surface area contributed by atoms with Crippen molar-refractivity contribution in [1.82, 2.24) is 8.97 Å². The highest BCUT2D eigenvalue weighted by Crippen LogP contribution is 2.44. The summed E-state index contributed by atoms with van der Waals surface area (Å²) in [6.45, 7) is 0. The van der Waals surface area contributed by atoms with Crippen LogP contribution in [0, 0.1) is 0 Å². The Morgan fingerprint density at radius 3 is 1.52 bits per heavy atom. The van der Waals surface area contributed by atoms with E-state index in [1.54, 1.807) is 0 Å². The minimum absolute atomic E-state index is 0.826. The number of benzene rings is 6. The number of aromatic nitrogens is 2. The molecule has 0 aliphatic rings. The molecule has 0 spiro atoms. The average molecular weight is 559 g/mol. The Morgan fingerprint density at radius 2 is 0.905 bits per heavy atom. The first-order valence-electron chi connectivity index (χ1n) is 14.2. The van der Waals surface area contributed by atoms with Crippen LogP contribution in [0.5, 0.6) is 0 Å². The van der Waals surface area contributed by atoms with Crippen LogP contribution in [0.25, 0.3) is 44.4 Å². The molecule has 0 aliphatic carbocycles. The monoisotopic (exact) mass is 558 g/mol. The van der Waals surface area contributed by atoms with Crippen LogP contribution < -0.4 is 15.9 Å². The van der Waals surface area contributed by atoms with Crippen molar-refractivity contribution in [2.75, 3.05) is 0 Å². The van der Waals surface area contributed by atoms with Crippen molar-refractivity contribution in [3.05, 3.63) is 164 Å². The normalized spacial score (nSPS) is 11.9. The number of para-hydroxylation sites is 4. The van der Waals surface area contributed by atoms with E-state index in [9.17, 15) is 4.57 Å². The summed E-state index contributed by atoms with van der Waals surface area (Å²) in [4.78, 5) is 0. The van der Waals surface area contributed by atoms with E-state index in [2.05, 4.69) is 112 Å². The van der Waals surface area contributed by atoms with E-state index in [1.165, 1.54) is 5.39 Å². The summed E-state index contributed by atoms with van der Waals surface area (Å²) in [6.07, 6.45) is 0. The summed E-state index contributed by atoms with van der Waals surface area (Å²) >= 11 is 0. The molecular formula is C38H27N2OP. The maximum Gasteiger partial charge on any atom is 0.171 e. The molecule has 2 aromatic heterocycles. The van der Waals surface area contributed by atoms with Gasteiger partial charge in [0.2, 0.25) is 0 Å². The molecule has 0 amide bonds. The van der Waals surface area contributed by atoms with Crippen LogP contribution in [0.2, 0.25) is 0 Å². The molecule has 4 heteroatoms. The molecule has 3 nitrogen and oxygen atoms in total. The van der Waals surface area contributed by atoms with Gasteiger partial charge in [0.15, 0.2) is 7.14 Å². The lowest BCUT2D eigenvalue weighted by Gasteiger charge is -2.20. The van der Waals surface area contributed by atoms with E-state index in [4.69, 9.17) is 0 Å². The molecule has 0 atom stereocenters. The topological polar surface area (TPSA) is 26.4 Å². The molecule has 0 saturated carbocycles. The summed E-state index contributed by atoms with van der Waals surface area (Å²) in [5.74, 6) is 0. The smallest absolute Gasteiger partial charge is 0.171 e. The molecule has 0 fully saturated rings. The average Bonchev–Trinajstić information content (AvgIpc) is 3.58. The fourth-order valence-electron chi connectivity index (χ4n) is 6.32. The number of rotatable bonds is 5. The Morgan fingerprint density at radius 1 is 0.429 bits per heavy atom. The highest BCUT2D eigenvalue weighted by molar-refractivity contribution is 7.85. The van der Waals surface area contributed by atoms with Crippen LogP contribution in [0.3, 0.4) is 0 Å². The number of fused-ring (bicyclic) bond motifs is 5. The molecule has 0 aliphatic heterocycles. The number of imidazole rings is 1. The summed E-state index contributed by atoms with van der Waals surface area (Å²) in [5, 5.41) is 3.69. The highest BCUT2D eigenvalue weighted by Gasteiger charge is 2.30. The lowest BCUT2D eigenvalue weighted by molar-refractivity contribution is 0.592. The van der Waals surface area contributed by atoms with Gasteiger partial charge in [-0.15, -0.1) is 0 Å². The molecule has 0 radical (unpaired) electrons. The molecule has 0 unspecified atom stereocenters. The van der Waals surface area contributed by atoms with E-state index in [0.717, 1.165) is 54.9 Å². The fourth-order valence-corrected chi connectivity index (χ4v) is 8.97. The van der Waals surface area contributed by atoms with Gasteiger partial charge in [-0.25, -0.2) is 0 Å². The maximum atomic E-state index is 15.0. The molecule has 6 aromatic carbocycles. The van der Waals surface area contributed by atoms with Crippen molar-refractivity contribution in [3.63, 3.8) is 0 Å². The molecule has 8 rings (SSSR count). The van der Waals surface area contributed by atoms with E-state index >= 15 is 0 Å². The molecule has 0 saturated heterocycles. The Hall–Kier alpha value is -5.11. The van der Waals surface area contributed by atoms with Crippen molar-refractivity contribution < 1.29 is 4.57 Å². The van der Waals surface area contributed by atoms with Gasteiger partial charge < -0.3 is 4.57 Å². The first-order valence-corrected chi connectivity index (χ1v) is 15.9. The van der Waals surface area contributed by atoms with Crippen molar-refractivity contribution in [2.24, 2.45) is 0 Å². The van der Waals surface area contributed by atoms with Gasteiger partial charge in [0.25, 0.3) is 0 Å². The summed E-state index contributed by atoms with van der Waals surface area (Å²) in [7, 11) is -3.06. The minimum atomic E-state index is -3.06. The second-order valence-electron chi connectivity index (χ2n) is 10.5. The molecule has 200 valence electrons. The minimum Gasteiger partial charge on any atom is -0.309 e. The quantitative estimate of drug-likeness (QED) is 0.195. The van der Waals surface area contributed by atoms with Crippen molar-refractivity contribution in [3.8, 4) is 16.8 Å². The largest absolute Gasteiger partial charge is 0.309 e. The summed E-state index contributed by atoms with van der Waals surface area (Å²) in [5.41, 5.74) is 7.95. The molecule has 0 N–H and O–H groups in total. The van der Waals surface area contributed by atoms with Crippen molar-refractivity contribution in [2.45, 2.75) is 0 Å². The van der Waals surface area contributed by atoms with Gasteiger partial charge in [-0.1, -0.05) is 133 Å². The zero-order valence-electron chi connectivity index (χ0n) is 22.8. The van der Waals surface area contributed by atoms with E-state index < -0.39 is 7.14 Å². The molecule has 42 heavy (non-hydrogen) atoms. The van der Waals surface area contributed by atoms with Gasteiger partial charge in [0.1, 0.15) is 5.65 Å². The lowest BCUT2D eigenvalue weighted by atomic mass is 10.0. The van der Waals surface area contributed by atoms with Crippen molar-refractivity contribution in [1.29, 1.82) is 0 Å². The zero-order valence-corrected chi connectivity index (χ0v) is 23.7. The third-order valence-corrected chi connectivity index (χ3v) is 11.3. The van der Waals surface area contributed by atoms with Crippen LogP contribution in [-0.2, 0) is 4.57 Å². The third kappa shape index (κ3) is 3.64. The SMILES string of the molecule is O=P(c1ccccc1)(c1ccccc1)c1ccc(-c2c3ccccc3n3c4ccccc4n(-c4ccccc4)c23)cc1. The second-order valence-corrected chi connectivity index (χ2v) is 13.3. The van der Waals surface area contributed by atoms with Crippen LogP contribution in [-0.4, -0.2) is 8.97 Å². The van der Waals surface area contributed by atoms with Crippen LogP contribution in [0.1, 0.15) is 0 Å². The van der Waals surface area contributed by atoms with Gasteiger partial charge >= 0.3 is 0 Å². The van der Waals surface area contributed by atoms with Gasteiger partial charge in [0.05, 0.1) is 16.6 Å². The lowest BCUT2D eigenvalue weighted by Crippen LogP contribution is -2.24. The van der Waals surface area contributed by atoms with Crippen molar-refractivity contribution >= 4 is 50.6 Å². The zero-order chi connectivity index (χ0) is 28.1.